The summed E-state index contributed by atoms with van der Waals surface area (Å²) in [6.07, 6.45) is -0.0857. The minimum absolute atomic E-state index is 0.0857. The molecule has 0 atom stereocenters. The molecule has 3 rings (SSSR count). The van der Waals surface area contributed by atoms with Gasteiger partial charge in [-0.2, -0.15) is 0 Å². The van der Waals surface area contributed by atoms with E-state index in [1.165, 1.54) is 0 Å². The average Bonchev–Trinajstić information content (AvgIpc) is 2.83. The third kappa shape index (κ3) is 4.53. The number of carbonyl (C=O) groups excluding carboxylic acids is 4. The number of carbonyl (C=O) groups is 4. The summed E-state index contributed by atoms with van der Waals surface area (Å²) < 4.78 is -0.630. The van der Waals surface area contributed by atoms with E-state index in [1.54, 1.807) is 11.8 Å². The summed E-state index contributed by atoms with van der Waals surface area (Å²) >= 11 is 1.55. The minimum Gasteiger partial charge on any atom is -0.298 e. The van der Waals surface area contributed by atoms with E-state index in [4.69, 9.17) is 0 Å². The Morgan fingerprint density at radius 1 is 0.588 bits per heavy atom. The summed E-state index contributed by atoms with van der Waals surface area (Å²) in [7, 11) is 0. The highest BCUT2D eigenvalue weighted by Crippen LogP contribution is 2.48. The van der Waals surface area contributed by atoms with Crippen molar-refractivity contribution in [2.75, 3.05) is 5.75 Å². The number of Topliss-reactive ketones (excluding diaryl/α,β-unsaturated/α-hetero) is 4. The zero-order valence-electron chi connectivity index (χ0n) is 19.6. The van der Waals surface area contributed by atoms with E-state index in [2.05, 4.69) is 36.4 Å². The molecule has 0 fully saturated rings. The van der Waals surface area contributed by atoms with Crippen LogP contribution in [0.25, 0.3) is 0 Å². The predicted octanol–water partition coefficient (Wildman–Crippen LogP) is 5.42. The van der Waals surface area contributed by atoms with Crippen molar-refractivity contribution in [3.05, 3.63) is 108 Å². The molecule has 0 amide bonds. The average molecular weight is 473 g/mol. The van der Waals surface area contributed by atoms with Gasteiger partial charge >= 0.3 is 0 Å². The Morgan fingerprint density at radius 3 is 1.21 bits per heavy atom. The van der Waals surface area contributed by atoms with Gasteiger partial charge in [0.05, 0.1) is 4.75 Å². The van der Waals surface area contributed by atoms with Crippen LogP contribution >= 0.6 is 11.8 Å². The first-order valence-corrected chi connectivity index (χ1v) is 12.1. The van der Waals surface area contributed by atoms with Crippen LogP contribution in [0, 0.1) is 5.41 Å². The molecule has 4 nitrogen and oxygen atoms in total. The molecule has 0 radical (unpaired) electrons. The molecule has 0 N–H and O–H groups in total. The second-order valence-electron chi connectivity index (χ2n) is 8.22. The van der Waals surface area contributed by atoms with Crippen LogP contribution in [0.3, 0.4) is 0 Å². The first-order valence-electron chi connectivity index (χ1n) is 11.1. The van der Waals surface area contributed by atoms with Crippen LogP contribution in [0.2, 0.25) is 0 Å². The predicted molar refractivity (Wildman–Crippen MR) is 136 cm³/mol. The van der Waals surface area contributed by atoms with Crippen molar-refractivity contribution in [3.63, 3.8) is 0 Å². The van der Waals surface area contributed by atoms with Crippen LogP contribution in [0.15, 0.2) is 91.0 Å². The molecule has 0 aromatic heterocycles. The SMILES string of the molecule is CC(=O)C(C(C)=O)(C(C)=O)C(=O)CCSC(c1ccccc1)(c1ccccc1)c1ccccc1. The van der Waals surface area contributed by atoms with Gasteiger partial charge in [0.15, 0.2) is 23.1 Å². The van der Waals surface area contributed by atoms with Gasteiger partial charge in [-0.1, -0.05) is 91.0 Å². The normalized spacial score (nSPS) is 11.6. The summed E-state index contributed by atoms with van der Waals surface area (Å²) in [5.41, 5.74) is 0.914. The molecule has 5 heteroatoms. The van der Waals surface area contributed by atoms with Crippen LogP contribution in [-0.2, 0) is 23.9 Å². The summed E-state index contributed by atoms with van der Waals surface area (Å²) in [5, 5.41) is 0. The molecule has 0 spiro atoms. The van der Waals surface area contributed by atoms with E-state index in [1.807, 2.05) is 54.6 Å². The third-order valence-corrected chi connectivity index (χ3v) is 7.74. The van der Waals surface area contributed by atoms with Crippen molar-refractivity contribution in [1.29, 1.82) is 0 Å². The molecular formula is C29H28O4S. The zero-order valence-corrected chi connectivity index (χ0v) is 20.4. The highest BCUT2D eigenvalue weighted by atomic mass is 32.2. The Bertz CT molecular complexity index is 1040. The van der Waals surface area contributed by atoms with E-state index >= 15 is 0 Å². The monoisotopic (exact) mass is 472 g/mol. The lowest BCUT2D eigenvalue weighted by Gasteiger charge is -2.35. The first-order chi connectivity index (χ1) is 16.3. The van der Waals surface area contributed by atoms with Crippen LogP contribution < -0.4 is 0 Å². The Balaban J connectivity index is 2.06. The van der Waals surface area contributed by atoms with Gasteiger partial charge in [-0.25, -0.2) is 0 Å². The zero-order chi connectivity index (χ0) is 24.8. The topological polar surface area (TPSA) is 68.3 Å². The fourth-order valence-corrected chi connectivity index (χ4v) is 6.09. The van der Waals surface area contributed by atoms with E-state index in [0.717, 1.165) is 37.5 Å². The quantitative estimate of drug-likeness (QED) is 0.275. The number of rotatable bonds is 11. The van der Waals surface area contributed by atoms with Crippen LogP contribution in [0.1, 0.15) is 43.9 Å². The second kappa shape index (κ2) is 10.7. The van der Waals surface area contributed by atoms with Gasteiger partial charge in [-0.05, 0) is 37.5 Å². The lowest BCUT2D eigenvalue weighted by Crippen LogP contribution is -2.50. The van der Waals surface area contributed by atoms with Crippen LogP contribution in [0.4, 0.5) is 0 Å². The second-order valence-corrected chi connectivity index (χ2v) is 9.53. The third-order valence-electron chi connectivity index (χ3n) is 6.19. The van der Waals surface area contributed by atoms with E-state index in [-0.39, 0.29) is 6.42 Å². The Morgan fingerprint density at radius 2 is 0.912 bits per heavy atom. The molecule has 0 unspecified atom stereocenters. The van der Waals surface area contributed by atoms with Gasteiger partial charge in [-0.15, -0.1) is 11.8 Å². The summed E-state index contributed by atoms with van der Waals surface area (Å²) in [5.74, 6) is -2.49. The smallest absolute Gasteiger partial charge is 0.202 e. The van der Waals surface area contributed by atoms with Gasteiger partial charge in [0.2, 0.25) is 5.41 Å². The summed E-state index contributed by atoms with van der Waals surface area (Å²) in [6, 6.07) is 30.1. The highest BCUT2D eigenvalue weighted by molar-refractivity contribution is 8.00. The summed E-state index contributed by atoms with van der Waals surface area (Å²) in [4.78, 5) is 50.2. The maximum atomic E-state index is 13.2. The van der Waals surface area contributed by atoms with Crippen molar-refractivity contribution in [2.24, 2.45) is 5.41 Å². The molecule has 0 bridgehead atoms. The van der Waals surface area contributed by atoms with Crippen molar-refractivity contribution in [3.8, 4) is 0 Å². The van der Waals surface area contributed by atoms with Crippen molar-refractivity contribution in [1.82, 2.24) is 0 Å². The Kier molecular flexibility index (Phi) is 8.00. The lowest BCUT2D eigenvalue weighted by atomic mass is 9.72. The van der Waals surface area contributed by atoms with Crippen molar-refractivity contribution < 1.29 is 19.2 Å². The molecule has 174 valence electrons. The van der Waals surface area contributed by atoms with Crippen molar-refractivity contribution in [2.45, 2.75) is 31.9 Å². The molecule has 0 aliphatic carbocycles. The fourth-order valence-electron chi connectivity index (χ4n) is 4.59. The maximum Gasteiger partial charge on any atom is 0.202 e. The van der Waals surface area contributed by atoms with Gasteiger partial charge in [0, 0.05) is 12.2 Å². The van der Waals surface area contributed by atoms with E-state index in [9.17, 15) is 19.2 Å². The molecular weight excluding hydrogens is 444 g/mol. The standard InChI is InChI=1S/C29H28O4S/c1-21(30)28(22(2)31,23(3)32)27(33)19-20-34-29(24-13-7-4-8-14-24,25-15-9-5-10-16-25)26-17-11-6-12-18-26/h4-18H,19-20H2,1-3H3. The molecule has 0 aliphatic heterocycles. The highest BCUT2D eigenvalue weighted by Gasteiger charge is 2.51. The van der Waals surface area contributed by atoms with Crippen molar-refractivity contribution >= 4 is 34.9 Å². The Hall–Kier alpha value is -3.31. The van der Waals surface area contributed by atoms with Gasteiger partial charge in [0.1, 0.15) is 0 Å². The fraction of sp³-hybridized carbons (Fsp3) is 0.241. The lowest BCUT2D eigenvalue weighted by molar-refractivity contribution is -0.152. The molecule has 0 saturated heterocycles. The molecule has 3 aromatic rings. The minimum atomic E-state index is -2.21. The number of thioether (sulfide) groups is 1. The van der Waals surface area contributed by atoms with E-state index < -0.39 is 33.3 Å². The number of hydrogen-bond donors (Lipinski definition) is 0. The largest absolute Gasteiger partial charge is 0.298 e. The molecule has 0 heterocycles. The number of hydrogen-bond acceptors (Lipinski definition) is 5. The van der Waals surface area contributed by atoms with Gasteiger partial charge in [-0.3, -0.25) is 19.2 Å². The number of ketones is 4. The van der Waals surface area contributed by atoms with Crippen LogP contribution in [-0.4, -0.2) is 28.9 Å². The number of benzene rings is 3. The molecule has 0 aliphatic rings. The van der Waals surface area contributed by atoms with E-state index in [0.29, 0.717) is 5.75 Å². The molecule has 3 aromatic carbocycles. The van der Waals surface area contributed by atoms with Gasteiger partial charge in [0.25, 0.3) is 0 Å². The maximum absolute atomic E-state index is 13.2. The Labute approximate surface area is 204 Å². The van der Waals surface area contributed by atoms with Gasteiger partial charge < -0.3 is 0 Å². The first kappa shape index (κ1) is 25.3. The molecule has 34 heavy (non-hydrogen) atoms. The van der Waals surface area contributed by atoms with Crippen LogP contribution in [0.5, 0.6) is 0 Å². The molecule has 0 saturated carbocycles. The summed E-state index contributed by atoms with van der Waals surface area (Å²) in [6.45, 7) is 3.40.